The highest BCUT2D eigenvalue weighted by Crippen LogP contribution is 2.25. The molecule has 0 atom stereocenters. The Bertz CT molecular complexity index is 664. The Kier molecular flexibility index (Phi) is 4.39. The van der Waals surface area contributed by atoms with Gasteiger partial charge in [0.15, 0.2) is 6.61 Å². The zero-order chi connectivity index (χ0) is 14.7. The van der Waals surface area contributed by atoms with E-state index in [9.17, 15) is 4.79 Å². The SMILES string of the molecule is O=C(COc1ccc2c(c1)CCCC2)c1ccccc1Br. The van der Waals surface area contributed by atoms with Crippen molar-refractivity contribution in [3.8, 4) is 5.75 Å². The monoisotopic (exact) mass is 344 g/mol. The van der Waals surface area contributed by atoms with Crippen molar-refractivity contribution in [1.29, 1.82) is 0 Å². The Balaban J connectivity index is 1.68. The highest BCUT2D eigenvalue weighted by atomic mass is 79.9. The van der Waals surface area contributed by atoms with Gasteiger partial charge in [0, 0.05) is 10.0 Å². The standard InChI is InChI=1S/C18H17BrO2/c19-17-8-4-3-7-16(17)18(20)12-21-15-10-9-13-5-1-2-6-14(13)11-15/h3-4,7-11H,1-2,5-6,12H2. The summed E-state index contributed by atoms with van der Waals surface area (Å²) in [5, 5.41) is 0. The number of hydrogen-bond donors (Lipinski definition) is 0. The van der Waals surface area contributed by atoms with Gasteiger partial charge in [-0.05, 0) is 55.0 Å². The summed E-state index contributed by atoms with van der Waals surface area (Å²) in [7, 11) is 0. The summed E-state index contributed by atoms with van der Waals surface area (Å²) in [6.45, 7) is 0.0708. The van der Waals surface area contributed by atoms with Gasteiger partial charge in [-0.3, -0.25) is 4.79 Å². The minimum absolute atomic E-state index is 0.0137. The summed E-state index contributed by atoms with van der Waals surface area (Å²) >= 11 is 3.40. The minimum atomic E-state index is -0.0137. The number of ether oxygens (including phenoxy) is 1. The number of hydrogen-bond acceptors (Lipinski definition) is 2. The molecule has 1 aliphatic carbocycles. The van der Waals surface area contributed by atoms with Crippen molar-refractivity contribution in [2.24, 2.45) is 0 Å². The zero-order valence-corrected chi connectivity index (χ0v) is 13.4. The summed E-state index contributed by atoms with van der Waals surface area (Å²) in [6, 6.07) is 13.6. The first kappa shape index (κ1) is 14.3. The van der Waals surface area contributed by atoms with E-state index in [1.54, 1.807) is 0 Å². The fourth-order valence-electron chi connectivity index (χ4n) is 2.71. The van der Waals surface area contributed by atoms with Gasteiger partial charge in [-0.25, -0.2) is 0 Å². The molecule has 3 heteroatoms. The van der Waals surface area contributed by atoms with Gasteiger partial charge in [0.25, 0.3) is 0 Å². The Morgan fingerprint density at radius 2 is 1.81 bits per heavy atom. The van der Waals surface area contributed by atoms with Crippen LogP contribution in [0.5, 0.6) is 5.75 Å². The lowest BCUT2D eigenvalue weighted by Gasteiger charge is -2.16. The van der Waals surface area contributed by atoms with Crippen molar-refractivity contribution < 1.29 is 9.53 Å². The van der Waals surface area contributed by atoms with Crippen LogP contribution in [0, 0.1) is 0 Å². The molecule has 0 spiro atoms. The van der Waals surface area contributed by atoms with Gasteiger partial charge in [-0.15, -0.1) is 0 Å². The third-order valence-corrected chi connectivity index (χ3v) is 4.56. The third kappa shape index (κ3) is 3.35. The van der Waals surface area contributed by atoms with E-state index in [4.69, 9.17) is 4.74 Å². The topological polar surface area (TPSA) is 26.3 Å². The van der Waals surface area contributed by atoms with Gasteiger partial charge in [-0.1, -0.05) is 40.2 Å². The van der Waals surface area contributed by atoms with E-state index >= 15 is 0 Å². The number of aryl methyl sites for hydroxylation is 2. The molecular weight excluding hydrogens is 328 g/mol. The molecule has 21 heavy (non-hydrogen) atoms. The van der Waals surface area contributed by atoms with Crippen LogP contribution >= 0.6 is 15.9 Å². The summed E-state index contributed by atoms with van der Waals surface area (Å²) in [6.07, 6.45) is 4.79. The van der Waals surface area contributed by atoms with Crippen LogP contribution in [-0.4, -0.2) is 12.4 Å². The maximum Gasteiger partial charge on any atom is 0.201 e. The third-order valence-electron chi connectivity index (χ3n) is 3.86. The Hall–Kier alpha value is -1.61. The molecule has 0 heterocycles. The maximum absolute atomic E-state index is 12.2. The van der Waals surface area contributed by atoms with Crippen molar-refractivity contribution in [1.82, 2.24) is 0 Å². The van der Waals surface area contributed by atoms with Gasteiger partial charge in [-0.2, -0.15) is 0 Å². The minimum Gasteiger partial charge on any atom is -0.485 e. The predicted octanol–water partition coefficient (Wildman–Crippen LogP) is 4.59. The maximum atomic E-state index is 12.2. The van der Waals surface area contributed by atoms with E-state index in [0.717, 1.165) is 23.1 Å². The van der Waals surface area contributed by atoms with Crippen molar-refractivity contribution in [2.75, 3.05) is 6.61 Å². The average Bonchev–Trinajstić information content (AvgIpc) is 2.53. The molecule has 2 aromatic carbocycles. The number of benzene rings is 2. The average molecular weight is 345 g/mol. The van der Waals surface area contributed by atoms with Gasteiger partial charge < -0.3 is 4.74 Å². The van der Waals surface area contributed by atoms with E-state index in [1.165, 1.54) is 24.0 Å². The Labute approximate surface area is 133 Å². The lowest BCUT2D eigenvalue weighted by atomic mass is 9.92. The number of ketones is 1. The number of carbonyl (C=O) groups excluding carboxylic acids is 1. The molecule has 3 rings (SSSR count). The number of Topliss-reactive ketones (excluding diaryl/α,β-unsaturated/α-hetero) is 1. The fraction of sp³-hybridized carbons (Fsp3) is 0.278. The second-order valence-corrected chi connectivity index (χ2v) is 6.18. The lowest BCUT2D eigenvalue weighted by molar-refractivity contribution is 0.0920. The molecule has 108 valence electrons. The van der Waals surface area contributed by atoms with E-state index in [0.29, 0.717) is 5.56 Å². The molecule has 2 nitrogen and oxygen atoms in total. The quantitative estimate of drug-likeness (QED) is 0.758. The summed E-state index contributed by atoms with van der Waals surface area (Å²) in [5.41, 5.74) is 3.45. The number of carbonyl (C=O) groups is 1. The van der Waals surface area contributed by atoms with Crippen LogP contribution in [0.3, 0.4) is 0 Å². The predicted molar refractivity (Wildman–Crippen MR) is 87.1 cm³/mol. The molecule has 0 fully saturated rings. The van der Waals surface area contributed by atoms with Gasteiger partial charge in [0.1, 0.15) is 5.75 Å². The van der Waals surface area contributed by atoms with E-state index in [1.807, 2.05) is 30.3 Å². The fourth-order valence-corrected chi connectivity index (χ4v) is 3.22. The second-order valence-electron chi connectivity index (χ2n) is 5.33. The van der Waals surface area contributed by atoms with Crippen LogP contribution in [0.15, 0.2) is 46.9 Å². The molecule has 0 saturated carbocycles. The van der Waals surface area contributed by atoms with Crippen LogP contribution in [0.1, 0.15) is 34.3 Å². The van der Waals surface area contributed by atoms with Crippen molar-refractivity contribution >= 4 is 21.7 Å². The van der Waals surface area contributed by atoms with Gasteiger partial charge in [0.05, 0.1) is 0 Å². The van der Waals surface area contributed by atoms with E-state index in [2.05, 4.69) is 28.1 Å². The highest BCUT2D eigenvalue weighted by Gasteiger charge is 2.12. The van der Waals surface area contributed by atoms with Crippen LogP contribution < -0.4 is 4.74 Å². The van der Waals surface area contributed by atoms with Crippen molar-refractivity contribution in [3.05, 3.63) is 63.6 Å². The Morgan fingerprint density at radius 1 is 1.05 bits per heavy atom. The molecule has 0 amide bonds. The van der Waals surface area contributed by atoms with Crippen molar-refractivity contribution in [2.45, 2.75) is 25.7 Å². The van der Waals surface area contributed by atoms with E-state index < -0.39 is 0 Å². The molecule has 0 bridgehead atoms. The molecule has 0 saturated heterocycles. The smallest absolute Gasteiger partial charge is 0.201 e. The van der Waals surface area contributed by atoms with Crippen molar-refractivity contribution in [3.63, 3.8) is 0 Å². The molecule has 0 aliphatic heterocycles. The molecule has 0 unspecified atom stereocenters. The first-order chi connectivity index (χ1) is 10.2. The molecule has 0 radical (unpaired) electrons. The lowest BCUT2D eigenvalue weighted by Crippen LogP contribution is -2.12. The van der Waals surface area contributed by atoms with Crippen LogP contribution in [0.2, 0.25) is 0 Å². The molecular formula is C18H17BrO2. The normalized spacial score (nSPS) is 13.6. The first-order valence-corrected chi connectivity index (χ1v) is 8.05. The molecule has 0 aromatic heterocycles. The summed E-state index contributed by atoms with van der Waals surface area (Å²) in [4.78, 5) is 12.2. The summed E-state index contributed by atoms with van der Waals surface area (Å²) < 4.78 is 6.48. The van der Waals surface area contributed by atoms with Crippen LogP contribution in [0.25, 0.3) is 0 Å². The number of fused-ring (bicyclic) bond motifs is 1. The number of rotatable bonds is 4. The summed E-state index contributed by atoms with van der Waals surface area (Å²) in [5.74, 6) is 0.774. The van der Waals surface area contributed by atoms with Crippen LogP contribution in [-0.2, 0) is 12.8 Å². The first-order valence-electron chi connectivity index (χ1n) is 7.26. The number of halogens is 1. The zero-order valence-electron chi connectivity index (χ0n) is 11.8. The second kappa shape index (κ2) is 6.44. The molecule has 0 N–H and O–H groups in total. The van der Waals surface area contributed by atoms with Crippen LogP contribution in [0.4, 0.5) is 0 Å². The van der Waals surface area contributed by atoms with E-state index in [-0.39, 0.29) is 12.4 Å². The molecule has 2 aromatic rings. The molecule has 1 aliphatic rings. The van der Waals surface area contributed by atoms with Gasteiger partial charge >= 0.3 is 0 Å². The van der Waals surface area contributed by atoms with Gasteiger partial charge in [0.2, 0.25) is 5.78 Å². The Morgan fingerprint density at radius 3 is 2.62 bits per heavy atom. The highest BCUT2D eigenvalue weighted by molar-refractivity contribution is 9.10. The largest absolute Gasteiger partial charge is 0.485 e.